The summed E-state index contributed by atoms with van der Waals surface area (Å²) in [5.41, 5.74) is 4.85. The summed E-state index contributed by atoms with van der Waals surface area (Å²) in [6.07, 6.45) is 9.75. The second-order valence-corrected chi connectivity index (χ2v) is 23.9. The molecule has 7 rings (SSSR count). The molecule has 26 nitrogen and oxygen atoms in total. The van der Waals surface area contributed by atoms with Gasteiger partial charge in [0.2, 0.25) is 30.1 Å². The van der Waals surface area contributed by atoms with E-state index in [9.17, 15) is 58.3 Å². The first kappa shape index (κ1) is 57.4. The Kier molecular flexibility index (Phi) is 17.9. The van der Waals surface area contributed by atoms with Crippen molar-refractivity contribution in [3.8, 4) is 34.0 Å². The number of hydrogen-bond acceptors (Lipinski definition) is 18. The van der Waals surface area contributed by atoms with Crippen molar-refractivity contribution in [3.05, 3.63) is 105 Å². The second kappa shape index (κ2) is 23.1. The number of H-pyrrole nitrogens is 2. The molecule has 5 heterocycles. The third kappa shape index (κ3) is 14.8. The van der Waals surface area contributed by atoms with Crippen molar-refractivity contribution >= 4 is 74.6 Å². The van der Waals surface area contributed by atoms with Crippen molar-refractivity contribution in [2.75, 3.05) is 39.6 Å². The van der Waals surface area contributed by atoms with Crippen LogP contribution >= 0.6 is 0 Å². The van der Waals surface area contributed by atoms with E-state index in [0.29, 0.717) is 30.0 Å². The molecule has 0 spiro atoms. The van der Waals surface area contributed by atoms with Crippen molar-refractivity contribution in [2.24, 2.45) is 21.4 Å². The summed E-state index contributed by atoms with van der Waals surface area (Å²) in [6.45, 7) is 10.4. The molecular formula is C44H56N12O14S4. The number of nitrogens with zero attached hydrogens (tertiary/aromatic N) is 5. The monoisotopic (exact) mass is 1100 g/mol. The van der Waals surface area contributed by atoms with Gasteiger partial charge in [0.05, 0.1) is 30.5 Å². The Morgan fingerprint density at radius 3 is 1.74 bits per heavy atom. The van der Waals surface area contributed by atoms with Gasteiger partial charge in [-0.25, -0.2) is 44.6 Å². The number of aromatic nitrogens is 6. The summed E-state index contributed by atoms with van der Waals surface area (Å²) < 4.78 is 108. The first-order chi connectivity index (χ1) is 34.4. The number of carbonyl (C=O) groups is 1. The number of ether oxygens (including phenoxy) is 1. The number of amidine groups is 1. The van der Waals surface area contributed by atoms with Crippen molar-refractivity contribution in [3.63, 3.8) is 0 Å². The minimum Gasteiger partial charge on any atom is -0.505 e. The molecule has 1 aliphatic heterocycles. The third-order valence-corrected chi connectivity index (χ3v) is 13.7. The van der Waals surface area contributed by atoms with E-state index in [1.165, 1.54) is 33.6 Å². The fourth-order valence-electron chi connectivity index (χ4n) is 6.72. The van der Waals surface area contributed by atoms with Gasteiger partial charge in [-0.3, -0.25) is 19.0 Å². The van der Waals surface area contributed by atoms with E-state index in [2.05, 4.69) is 39.3 Å². The summed E-state index contributed by atoms with van der Waals surface area (Å²) in [5.74, 6) is -1.53. The lowest BCUT2D eigenvalue weighted by Gasteiger charge is -2.20. The quantitative estimate of drug-likeness (QED) is 0.0495. The molecule has 0 unspecified atom stereocenters. The van der Waals surface area contributed by atoms with Crippen LogP contribution in [0.25, 0.3) is 22.5 Å². The number of rotatable bonds is 16. The van der Waals surface area contributed by atoms with Gasteiger partial charge in [-0.15, -0.1) is 4.40 Å². The highest BCUT2D eigenvalue weighted by Gasteiger charge is 2.32. The van der Waals surface area contributed by atoms with Crippen LogP contribution in [0.1, 0.15) is 63.4 Å². The molecular weight excluding hydrogens is 1050 g/mol. The van der Waals surface area contributed by atoms with Crippen LogP contribution in [0.15, 0.2) is 97.1 Å². The van der Waals surface area contributed by atoms with Gasteiger partial charge in [0.1, 0.15) is 26.7 Å². The molecule has 0 saturated heterocycles. The van der Waals surface area contributed by atoms with Gasteiger partial charge >= 0.3 is 5.97 Å². The topological polar surface area (TPSA) is 405 Å². The van der Waals surface area contributed by atoms with Crippen LogP contribution in [-0.2, 0) is 57.9 Å². The van der Waals surface area contributed by atoms with Crippen LogP contribution in [0.4, 0.5) is 22.7 Å². The molecule has 2 aromatic carbocycles. The number of aromatic amines is 2. The van der Waals surface area contributed by atoms with E-state index < -0.39 is 68.7 Å². The van der Waals surface area contributed by atoms with Crippen molar-refractivity contribution in [1.82, 2.24) is 29.5 Å². The number of nitrogens with one attached hydrogen (secondary N) is 5. The van der Waals surface area contributed by atoms with E-state index in [0.717, 1.165) is 31.1 Å². The average Bonchev–Trinajstić information content (AvgIpc) is 4.02. The summed E-state index contributed by atoms with van der Waals surface area (Å²) in [7, 11) is -15.4. The van der Waals surface area contributed by atoms with Crippen LogP contribution in [0.2, 0.25) is 0 Å². The minimum atomic E-state index is -4.35. The van der Waals surface area contributed by atoms with Gasteiger partial charge < -0.3 is 36.0 Å². The molecule has 0 saturated carbocycles. The molecule has 11 N–H and O–H groups in total. The zero-order valence-electron chi connectivity index (χ0n) is 40.9. The summed E-state index contributed by atoms with van der Waals surface area (Å²) >= 11 is 0. The Bertz CT molecular complexity index is 3650. The van der Waals surface area contributed by atoms with Crippen LogP contribution in [-0.4, -0.2) is 104 Å². The van der Waals surface area contributed by atoms with Crippen LogP contribution < -0.4 is 36.8 Å². The van der Waals surface area contributed by atoms with Crippen LogP contribution in [0.3, 0.4) is 0 Å². The summed E-state index contributed by atoms with van der Waals surface area (Å²) in [6, 6.07) is 10.8. The largest absolute Gasteiger partial charge is 0.505 e. The SMILES string of the molecule is CC(C)CCn1nc(-c2cc[nH]c2)c(O)c(C2=NS(=O)(=O)c3cc(NS(C)(=O)=O)ccc3N2)c1=O.CCOC(=O)c1c(O)c(-c2cc[nH]c2)nn(CCC(C)C)c1=O.CS(=O)(=O)Nc1ccc(N)c(S(N)(=O)=O)c1. The smallest absolute Gasteiger partial charge is 0.347 e. The Morgan fingerprint density at radius 1 is 0.770 bits per heavy atom. The number of anilines is 4. The molecule has 6 aromatic rings. The molecule has 0 radical (unpaired) electrons. The zero-order chi connectivity index (χ0) is 55.1. The van der Waals surface area contributed by atoms with Crippen LogP contribution in [0.5, 0.6) is 11.5 Å². The number of nitrogens with two attached hydrogens (primary N) is 2. The number of benzene rings is 2. The fourth-order valence-corrected chi connectivity index (χ4v) is 9.67. The maximum atomic E-state index is 13.3. The molecule has 0 fully saturated rings. The molecule has 400 valence electrons. The number of hydrogen-bond donors (Lipinski definition) is 9. The second-order valence-electron chi connectivity index (χ2n) is 17.3. The normalized spacial score (nSPS) is 13.1. The standard InChI is InChI=1S/C21H24N6O6S2.C16H21N3O4.C7H11N3O4S2/c1-12(2)7-9-27-21(29)17(19(28)18(24-27)13-6-8-22-11-13)20-23-15-5-4-14(25-34(3,30)31)10-16(15)35(32,33)26-20;1-4-23-16(22)12-14(20)13(11-5-7-17-9-11)18-19(15(12)21)8-6-10(2)3;1-15(11,12)10-5-2-3-6(8)7(4-5)16(9,13)14/h4-6,8,10-12,22,25,28H,7,9H2,1-3H3,(H,23,26);5,7,9-10,17,20H,4,6,8H2,1-3H3;2-4,10H,8H2,1H3,(H2,9,13,14). The van der Waals surface area contributed by atoms with Crippen LogP contribution in [0, 0.1) is 11.8 Å². The lowest BCUT2D eigenvalue weighted by molar-refractivity contribution is 0.0519. The first-order valence-electron chi connectivity index (χ1n) is 22.2. The highest BCUT2D eigenvalue weighted by Crippen LogP contribution is 2.35. The van der Waals surface area contributed by atoms with Crippen molar-refractivity contribution in [1.29, 1.82) is 0 Å². The summed E-state index contributed by atoms with van der Waals surface area (Å²) in [4.78, 5) is 43.0. The predicted octanol–water partition coefficient (Wildman–Crippen LogP) is 3.38. The molecule has 0 bridgehead atoms. The number of primary sulfonamides is 1. The molecule has 74 heavy (non-hydrogen) atoms. The van der Waals surface area contributed by atoms with Gasteiger partial charge in [0.25, 0.3) is 21.1 Å². The van der Waals surface area contributed by atoms with Crippen molar-refractivity contribution < 1.29 is 53.4 Å². The fraction of sp³-hybridized carbons (Fsp3) is 0.318. The number of aryl methyl sites for hydroxylation is 2. The Morgan fingerprint density at radius 2 is 1.27 bits per heavy atom. The van der Waals surface area contributed by atoms with Gasteiger partial charge in [0.15, 0.2) is 22.9 Å². The minimum absolute atomic E-state index is 0.0350. The average molecular weight is 1110 g/mol. The number of fused-ring (bicyclic) bond motifs is 1. The molecule has 1 aliphatic rings. The Balaban J connectivity index is 0.000000224. The number of sulfonamides is 4. The lowest BCUT2D eigenvalue weighted by atomic mass is 10.1. The molecule has 4 aromatic heterocycles. The number of carbonyl (C=O) groups excluding carboxylic acids is 1. The van der Waals surface area contributed by atoms with E-state index in [1.54, 1.807) is 43.8 Å². The van der Waals surface area contributed by atoms with Gasteiger partial charge in [0, 0.05) is 60.4 Å². The number of aromatic hydroxyl groups is 2. The lowest BCUT2D eigenvalue weighted by Crippen LogP contribution is -2.34. The molecule has 0 aliphatic carbocycles. The Hall–Kier alpha value is -7.54. The maximum Gasteiger partial charge on any atom is 0.347 e. The van der Waals surface area contributed by atoms with E-state index in [1.807, 2.05) is 27.7 Å². The maximum absolute atomic E-state index is 13.3. The zero-order valence-corrected chi connectivity index (χ0v) is 44.2. The predicted molar refractivity (Wildman–Crippen MR) is 278 cm³/mol. The van der Waals surface area contributed by atoms with E-state index >= 15 is 0 Å². The first-order valence-corrected chi connectivity index (χ1v) is 28.9. The van der Waals surface area contributed by atoms with Crippen molar-refractivity contribution in [2.45, 2.75) is 70.3 Å². The highest BCUT2D eigenvalue weighted by atomic mass is 32.2. The van der Waals surface area contributed by atoms with Gasteiger partial charge in [-0.1, -0.05) is 27.7 Å². The molecule has 0 amide bonds. The molecule has 30 heteroatoms. The summed E-state index contributed by atoms with van der Waals surface area (Å²) in [5, 5.41) is 37.6. The van der Waals surface area contributed by atoms with Gasteiger partial charge in [-0.05, 0) is 80.1 Å². The Labute approximate surface area is 426 Å². The van der Waals surface area contributed by atoms with E-state index in [-0.39, 0.29) is 80.0 Å². The third-order valence-electron chi connectivity index (χ3n) is 10.2. The molecule has 0 atom stereocenters. The highest BCUT2D eigenvalue weighted by molar-refractivity contribution is 7.92. The van der Waals surface area contributed by atoms with Gasteiger partial charge in [-0.2, -0.15) is 18.6 Å². The number of esters is 1. The number of nitrogen functional groups attached to an aromatic ring is 1. The van der Waals surface area contributed by atoms with E-state index in [4.69, 9.17) is 15.6 Å².